The molecule has 3 heterocycles. The van der Waals surface area contributed by atoms with E-state index in [0.717, 1.165) is 41.8 Å². The first kappa shape index (κ1) is 20.6. The first-order chi connectivity index (χ1) is 15.5. The van der Waals surface area contributed by atoms with E-state index in [1.54, 1.807) is 0 Å². The Morgan fingerprint density at radius 1 is 1.00 bits per heavy atom. The van der Waals surface area contributed by atoms with Crippen molar-refractivity contribution in [3.05, 3.63) is 76.3 Å². The largest absolute Gasteiger partial charge is 0.357 e. The van der Waals surface area contributed by atoms with Gasteiger partial charge in [0.2, 0.25) is 0 Å². The van der Waals surface area contributed by atoms with Crippen molar-refractivity contribution < 1.29 is 0 Å². The van der Waals surface area contributed by atoms with Gasteiger partial charge in [0.05, 0.1) is 16.6 Å². The number of rotatable bonds is 3. The van der Waals surface area contributed by atoms with Gasteiger partial charge in [0.1, 0.15) is 11.9 Å². The fourth-order valence-corrected chi connectivity index (χ4v) is 5.45. The summed E-state index contributed by atoms with van der Waals surface area (Å²) in [6.07, 6.45) is 2.06. The summed E-state index contributed by atoms with van der Waals surface area (Å²) in [5, 5.41) is 10.1. The molecule has 2 atom stereocenters. The third-order valence-electron chi connectivity index (χ3n) is 6.88. The Hall–Kier alpha value is -3.32. The Morgan fingerprint density at radius 3 is 2.38 bits per heavy atom. The quantitative estimate of drug-likeness (QED) is 0.404. The molecule has 0 saturated carbocycles. The summed E-state index contributed by atoms with van der Waals surface area (Å²) in [4.78, 5) is 7.47. The van der Waals surface area contributed by atoms with Gasteiger partial charge >= 0.3 is 0 Å². The van der Waals surface area contributed by atoms with E-state index in [0.29, 0.717) is 17.4 Å². The maximum Gasteiger partial charge on any atom is 0.157 e. The molecule has 1 aliphatic rings. The van der Waals surface area contributed by atoms with Crippen LogP contribution in [0, 0.1) is 37.0 Å². The average molecular weight is 423 g/mol. The van der Waals surface area contributed by atoms with E-state index >= 15 is 0 Å². The molecule has 0 bridgehead atoms. The van der Waals surface area contributed by atoms with Crippen LogP contribution in [-0.4, -0.2) is 22.5 Å². The van der Waals surface area contributed by atoms with E-state index in [4.69, 9.17) is 4.98 Å². The predicted octanol–water partition coefficient (Wildman–Crippen LogP) is 6.05. The van der Waals surface area contributed by atoms with Gasteiger partial charge in [-0.2, -0.15) is 5.26 Å². The second kappa shape index (κ2) is 7.98. The smallest absolute Gasteiger partial charge is 0.157 e. The van der Waals surface area contributed by atoms with Crippen LogP contribution in [0.1, 0.15) is 48.1 Å². The summed E-state index contributed by atoms with van der Waals surface area (Å²) in [5.74, 6) is 2.47. The third-order valence-corrected chi connectivity index (χ3v) is 6.88. The van der Waals surface area contributed by atoms with Crippen LogP contribution in [0.2, 0.25) is 0 Å². The number of hydrogen-bond donors (Lipinski definition) is 0. The number of nitriles is 1. The minimum Gasteiger partial charge on any atom is -0.357 e. The molecule has 2 aromatic carbocycles. The zero-order chi connectivity index (χ0) is 22.4. The Labute approximate surface area is 190 Å². The molecule has 0 amide bonds. The lowest BCUT2D eigenvalue weighted by atomic mass is 9.90. The summed E-state index contributed by atoms with van der Waals surface area (Å²) in [6.45, 7) is 11.0. The monoisotopic (exact) mass is 422 g/mol. The number of para-hydroxylation sites is 2. The van der Waals surface area contributed by atoms with Crippen molar-refractivity contribution in [3.63, 3.8) is 0 Å². The van der Waals surface area contributed by atoms with Crippen molar-refractivity contribution in [1.29, 1.82) is 5.26 Å². The van der Waals surface area contributed by atoms with Crippen molar-refractivity contribution in [2.75, 3.05) is 18.0 Å². The molecule has 1 saturated heterocycles. The highest BCUT2D eigenvalue weighted by molar-refractivity contribution is 5.86. The van der Waals surface area contributed by atoms with Gasteiger partial charge in [-0.25, -0.2) is 4.98 Å². The lowest BCUT2D eigenvalue weighted by Crippen LogP contribution is -2.40. The highest BCUT2D eigenvalue weighted by atomic mass is 15.2. The van der Waals surface area contributed by atoms with Crippen LogP contribution < -0.4 is 4.90 Å². The Balaban J connectivity index is 1.83. The van der Waals surface area contributed by atoms with Gasteiger partial charge in [-0.15, -0.1) is 0 Å². The second-order valence-corrected chi connectivity index (χ2v) is 9.69. The van der Waals surface area contributed by atoms with E-state index in [9.17, 15) is 5.26 Å². The minimum atomic E-state index is 0.631. The molecule has 0 radical (unpaired) electrons. The minimum absolute atomic E-state index is 0.631. The number of hydrogen-bond acceptors (Lipinski definition) is 3. The number of benzene rings is 2. The molecule has 162 valence electrons. The molecule has 4 aromatic rings. The SMILES string of the molecule is Cc1ccc(Cc2c(C)c(C#N)c3nc4ccccc4n3c2N2CC(C)CC(C)C2)cc1. The van der Waals surface area contributed by atoms with Gasteiger partial charge in [-0.3, -0.25) is 4.40 Å². The molecule has 2 aromatic heterocycles. The number of aromatic nitrogens is 2. The number of pyridine rings is 1. The zero-order valence-electron chi connectivity index (χ0n) is 19.4. The van der Waals surface area contributed by atoms with Crippen LogP contribution >= 0.6 is 0 Å². The van der Waals surface area contributed by atoms with Crippen molar-refractivity contribution in [2.45, 2.75) is 40.5 Å². The number of imidazole rings is 1. The molecule has 0 spiro atoms. The Bertz CT molecular complexity index is 1330. The molecule has 0 N–H and O–H groups in total. The fraction of sp³-hybridized carbons (Fsp3) is 0.357. The fourth-order valence-electron chi connectivity index (χ4n) is 5.45. The predicted molar refractivity (Wildman–Crippen MR) is 131 cm³/mol. The maximum absolute atomic E-state index is 10.1. The second-order valence-electron chi connectivity index (χ2n) is 9.69. The summed E-state index contributed by atoms with van der Waals surface area (Å²) in [7, 11) is 0. The molecule has 0 aliphatic carbocycles. The van der Waals surface area contributed by atoms with Crippen LogP contribution in [0.15, 0.2) is 48.5 Å². The van der Waals surface area contributed by atoms with Crippen molar-refractivity contribution in [3.8, 4) is 6.07 Å². The lowest BCUT2D eigenvalue weighted by Gasteiger charge is -2.38. The van der Waals surface area contributed by atoms with Gasteiger partial charge in [0.15, 0.2) is 5.65 Å². The Kier molecular flexibility index (Phi) is 5.13. The van der Waals surface area contributed by atoms with Crippen molar-refractivity contribution in [1.82, 2.24) is 9.38 Å². The molecule has 5 rings (SSSR count). The molecular formula is C28H30N4. The molecule has 1 aliphatic heterocycles. The van der Waals surface area contributed by atoms with Gasteiger partial charge in [0.25, 0.3) is 0 Å². The molecular weight excluding hydrogens is 392 g/mol. The standard InChI is InChI=1S/C28H30N4/c1-18-9-11-22(12-10-18)14-23-21(4)24(15-29)27-30-25-7-5-6-8-26(25)32(27)28(23)31-16-19(2)13-20(3)17-31/h5-12,19-20H,13-14,16-17H2,1-4H3. The normalized spacial score (nSPS) is 18.9. The van der Waals surface area contributed by atoms with E-state index in [2.05, 4.69) is 79.5 Å². The molecule has 4 heteroatoms. The molecule has 4 nitrogen and oxygen atoms in total. The summed E-state index contributed by atoms with van der Waals surface area (Å²) in [6, 6.07) is 19.5. The number of aryl methyl sites for hydroxylation is 1. The number of nitrogens with zero attached hydrogens (tertiary/aromatic N) is 4. The first-order valence-corrected chi connectivity index (χ1v) is 11.6. The third kappa shape index (κ3) is 3.42. The number of piperidine rings is 1. The van der Waals surface area contributed by atoms with Gasteiger partial charge in [0, 0.05) is 25.1 Å². The summed E-state index contributed by atoms with van der Waals surface area (Å²) < 4.78 is 2.26. The first-order valence-electron chi connectivity index (χ1n) is 11.6. The van der Waals surface area contributed by atoms with Crippen molar-refractivity contribution in [2.24, 2.45) is 11.8 Å². The summed E-state index contributed by atoms with van der Waals surface area (Å²) in [5.41, 5.74) is 8.30. The topological polar surface area (TPSA) is 44.3 Å². The van der Waals surface area contributed by atoms with Crippen LogP contribution in [0.25, 0.3) is 16.7 Å². The number of fused-ring (bicyclic) bond motifs is 3. The van der Waals surface area contributed by atoms with Crippen LogP contribution in [0.5, 0.6) is 0 Å². The molecule has 32 heavy (non-hydrogen) atoms. The van der Waals surface area contributed by atoms with E-state index in [1.165, 1.54) is 28.9 Å². The highest BCUT2D eigenvalue weighted by Gasteiger charge is 2.29. The van der Waals surface area contributed by atoms with Crippen LogP contribution in [-0.2, 0) is 6.42 Å². The zero-order valence-corrected chi connectivity index (χ0v) is 19.4. The van der Waals surface area contributed by atoms with E-state index < -0.39 is 0 Å². The lowest BCUT2D eigenvalue weighted by molar-refractivity contribution is 0.354. The summed E-state index contributed by atoms with van der Waals surface area (Å²) >= 11 is 0. The highest BCUT2D eigenvalue weighted by Crippen LogP contribution is 2.37. The average Bonchev–Trinajstić information content (AvgIpc) is 3.14. The van der Waals surface area contributed by atoms with Crippen LogP contribution in [0.3, 0.4) is 0 Å². The van der Waals surface area contributed by atoms with E-state index in [1.807, 2.05) is 12.1 Å². The van der Waals surface area contributed by atoms with Gasteiger partial charge < -0.3 is 4.90 Å². The van der Waals surface area contributed by atoms with Gasteiger partial charge in [-0.05, 0) is 55.4 Å². The van der Waals surface area contributed by atoms with Crippen molar-refractivity contribution >= 4 is 22.5 Å². The number of anilines is 1. The molecule has 2 unspecified atom stereocenters. The maximum atomic E-state index is 10.1. The Morgan fingerprint density at radius 2 is 1.69 bits per heavy atom. The van der Waals surface area contributed by atoms with Crippen LogP contribution in [0.4, 0.5) is 5.82 Å². The van der Waals surface area contributed by atoms with Gasteiger partial charge in [-0.1, -0.05) is 55.8 Å². The van der Waals surface area contributed by atoms with E-state index in [-0.39, 0.29) is 0 Å². The molecule has 1 fully saturated rings.